The van der Waals surface area contributed by atoms with Crippen molar-refractivity contribution in [2.24, 2.45) is 0 Å². The summed E-state index contributed by atoms with van der Waals surface area (Å²) >= 11 is 0. The number of aryl methyl sites for hydroxylation is 1. The Hall–Kier alpha value is -2.18. The molecule has 6 heteroatoms. The third-order valence-electron chi connectivity index (χ3n) is 3.07. The van der Waals surface area contributed by atoms with Crippen molar-refractivity contribution in [3.05, 3.63) is 59.7 Å². The number of anilines is 1. The number of benzene rings is 2. The van der Waals surface area contributed by atoms with Gasteiger partial charge in [0.25, 0.3) is 5.91 Å². The van der Waals surface area contributed by atoms with Crippen molar-refractivity contribution in [1.29, 1.82) is 0 Å². The van der Waals surface area contributed by atoms with Crippen LogP contribution in [0.5, 0.6) is 0 Å². The molecule has 0 saturated heterocycles. The molecule has 0 bridgehead atoms. The molecule has 116 valence electrons. The zero-order valence-electron chi connectivity index (χ0n) is 12.5. The number of nitrogens with one attached hydrogen (secondary N) is 2. The van der Waals surface area contributed by atoms with Gasteiger partial charge in [-0.05, 0) is 43.3 Å². The fourth-order valence-electron chi connectivity index (χ4n) is 1.90. The summed E-state index contributed by atoms with van der Waals surface area (Å²) in [4.78, 5) is 12.2. The van der Waals surface area contributed by atoms with Gasteiger partial charge < -0.3 is 5.32 Å². The maximum atomic E-state index is 12.1. The van der Waals surface area contributed by atoms with Gasteiger partial charge in [-0.3, -0.25) is 4.79 Å². The van der Waals surface area contributed by atoms with Gasteiger partial charge in [-0.2, -0.15) is 0 Å². The second-order valence-electron chi connectivity index (χ2n) is 4.85. The molecule has 0 fully saturated rings. The average Bonchev–Trinajstić information content (AvgIpc) is 2.49. The van der Waals surface area contributed by atoms with E-state index in [0.717, 1.165) is 5.56 Å². The number of amides is 1. The number of hydrogen-bond donors (Lipinski definition) is 2. The first-order chi connectivity index (χ1) is 10.4. The Morgan fingerprint density at radius 1 is 1.00 bits per heavy atom. The lowest BCUT2D eigenvalue weighted by Gasteiger charge is -2.07. The Bertz CT molecular complexity index is 751. The van der Waals surface area contributed by atoms with E-state index in [1.807, 2.05) is 31.2 Å². The van der Waals surface area contributed by atoms with Gasteiger partial charge in [0.1, 0.15) is 0 Å². The van der Waals surface area contributed by atoms with Crippen molar-refractivity contribution in [2.75, 3.05) is 11.9 Å². The minimum atomic E-state index is -3.50. The van der Waals surface area contributed by atoms with Crippen LogP contribution in [-0.2, 0) is 10.0 Å². The molecule has 0 unspecified atom stereocenters. The lowest BCUT2D eigenvalue weighted by atomic mass is 10.2. The molecule has 5 nitrogen and oxygen atoms in total. The van der Waals surface area contributed by atoms with Crippen LogP contribution in [0.3, 0.4) is 0 Å². The zero-order valence-corrected chi connectivity index (χ0v) is 13.3. The molecule has 22 heavy (non-hydrogen) atoms. The van der Waals surface area contributed by atoms with Gasteiger partial charge >= 0.3 is 0 Å². The van der Waals surface area contributed by atoms with Gasteiger partial charge in [0.15, 0.2) is 0 Å². The molecule has 1 amide bonds. The first-order valence-corrected chi connectivity index (χ1v) is 8.38. The summed E-state index contributed by atoms with van der Waals surface area (Å²) in [5.41, 5.74) is 2.20. The smallest absolute Gasteiger partial charge is 0.255 e. The van der Waals surface area contributed by atoms with Crippen molar-refractivity contribution in [3.8, 4) is 0 Å². The lowest BCUT2D eigenvalue weighted by molar-refractivity contribution is 0.102. The summed E-state index contributed by atoms with van der Waals surface area (Å²) in [7, 11) is -3.50. The molecule has 0 aromatic heterocycles. The van der Waals surface area contributed by atoms with E-state index in [0.29, 0.717) is 17.8 Å². The number of sulfonamides is 1. The zero-order chi connectivity index (χ0) is 16.2. The van der Waals surface area contributed by atoms with Crippen LogP contribution in [0.15, 0.2) is 53.4 Å². The van der Waals surface area contributed by atoms with Crippen LogP contribution in [0.4, 0.5) is 5.69 Å². The predicted octanol–water partition coefficient (Wildman–Crippen LogP) is 2.55. The molecule has 0 aliphatic rings. The Balaban J connectivity index is 2.13. The molecular weight excluding hydrogens is 300 g/mol. The van der Waals surface area contributed by atoms with Gasteiger partial charge in [0.2, 0.25) is 10.0 Å². The number of rotatable bonds is 5. The number of carbonyl (C=O) groups excluding carboxylic acids is 1. The van der Waals surface area contributed by atoms with Crippen molar-refractivity contribution in [3.63, 3.8) is 0 Å². The monoisotopic (exact) mass is 318 g/mol. The van der Waals surface area contributed by atoms with Gasteiger partial charge in [-0.15, -0.1) is 0 Å². The molecule has 0 atom stereocenters. The van der Waals surface area contributed by atoms with Crippen LogP contribution in [0.2, 0.25) is 0 Å². The molecule has 2 rings (SSSR count). The standard InChI is InChI=1S/C16H18N2O3S/c1-3-17-22(20,21)15-10-6-13(7-11-15)16(19)18-14-8-4-12(2)5-9-14/h4-11,17H,3H2,1-2H3,(H,18,19). The van der Waals surface area contributed by atoms with E-state index in [2.05, 4.69) is 10.0 Å². The lowest BCUT2D eigenvalue weighted by Crippen LogP contribution is -2.23. The minimum absolute atomic E-state index is 0.140. The first-order valence-electron chi connectivity index (χ1n) is 6.90. The summed E-state index contributed by atoms with van der Waals surface area (Å²) < 4.78 is 26.1. The third kappa shape index (κ3) is 3.93. The molecule has 0 saturated carbocycles. The van der Waals surface area contributed by atoms with Crippen LogP contribution in [0, 0.1) is 6.92 Å². The van der Waals surface area contributed by atoms with Crippen LogP contribution in [0.25, 0.3) is 0 Å². The van der Waals surface area contributed by atoms with Crippen molar-refractivity contribution < 1.29 is 13.2 Å². The topological polar surface area (TPSA) is 75.3 Å². The van der Waals surface area contributed by atoms with Crippen LogP contribution >= 0.6 is 0 Å². The van der Waals surface area contributed by atoms with Crippen LogP contribution in [0.1, 0.15) is 22.8 Å². The highest BCUT2D eigenvalue weighted by atomic mass is 32.2. The van der Waals surface area contributed by atoms with Gasteiger partial charge in [-0.25, -0.2) is 13.1 Å². The highest BCUT2D eigenvalue weighted by Crippen LogP contribution is 2.13. The summed E-state index contributed by atoms with van der Waals surface area (Å²) in [6.45, 7) is 3.99. The predicted molar refractivity (Wildman–Crippen MR) is 86.4 cm³/mol. The maximum Gasteiger partial charge on any atom is 0.255 e. The first kappa shape index (κ1) is 16.2. The molecule has 0 spiro atoms. The maximum absolute atomic E-state index is 12.1. The fraction of sp³-hybridized carbons (Fsp3) is 0.188. The minimum Gasteiger partial charge on any atom is -0.322 e. The van der Waals surface area contributed by atoms with Crippen molar-refractivity contribution >= 4 is 21.6 Å². The molecule has 2 N–H and O–H groups in total. The second kappa shape index (κ2) is 6.72. The van der Waals surface area contributed by atoms with Gasteiger partial charge in [0.05, 0.1) is 4.90 Å². The van der Waals surface area contributed by atoms with Crippen LogP contribution in [-0.4, -0.2) is 20.9 Å². The largest absolute Gasteiger partial charge is 0.322 e. The molecule has 0 heterocycles. The van der Waals surface area contributed by atoms with E-state index in [-0.39, 0.29) is 10.8 Å². The van der Waals surface area contributed by atoms with E-state index in [1.54, 1.807) is 6.92 Å². The van der Waals surface area contributed by atoms with E-state index in [1.165, 1.54) is 24.3 Å². The molecule has 2 aromatic carbocycles. The number of carbonyl (C=O) groups is 1. The Morgan fingerprint density at radius 2 is 1.59 bits per heavy atom. The molecular formula is C16H18N2O3S. The SMILES string of the molecule is CCNS(=O)(=O)c1ccc(C(=O)Nc2ccc(C)cc2)cc1. The third-order valence-corrected chi connectivity index (χ3v) is 4.63. The van der Waals surface area contributed by atoms with Crippen molar-refractivity contribution in [2.45, 2.75) is 18.7 Å². The molecule has 0 aliphatic heterocycles. The quantitative estimate of drug-likeness (QED) is 0.889. The summed E-state index contributed by atoms with van der Waals surface area (Å²) in [6.07, 6.45) is 0. The van der Waals surface area contributed by atoms with E-state index in [9.17, 15) is 13.2 Å². The summed E-state index contributed by atoms with van der Waals surface area (Å²) in [5.74, 6) is -0.281. The fourth-order valence-corrected chi connectivity index (χ4v) is 2.94. The van der Waals surface area contributed by atoms with Gasteiger partial charge in [0, 0.05) is 17.8 Å². The second-order valence-corrected chi connectivity index (χ2v) is 6.61. The molecule has 0 radical (unpaired) electrons. The highest BCUT2D eigenvalue weighted by Gasteiger charge is 2.13. The molecule has 0 aliphatic carbocycles. The van der Waals surface area contributed by atoms with Crippen molar-refractivity contribution in [1.82, 2.24) is 4.72 Å². The van der Waals surface area contributed by atoms with E-state index < -0.39 is 10.0 Å². The summed E-state index contributed by atoms with van der Waals surface area (Å²) in [5, 5.41) is 2.76. The normalized spacial score (nSPS) is 11.2. The molecule has 2 aromatic rings. The average molecular weight is 318 g/mol. The Kier molecular flexibility index (Phi) is 4.95. The van der Waals surface area contributed by atoms with E-state index >= 15 is 0 Å². The Labute approximate surface area is 130 Å². The van der Waals surface area contributed by atoms with E-state index in [4.69, 9.17) is 0 Å². The summed E-state index contributed by atoms with van der Waals surface area (Å²) in [6, 6.07) is 13.3. The van der Waals surface area contributed by atoms with Crippen LogP contribution < -0.4 is 10.0 Å². The highest BCUT2D eigenvalue weighted by molar-refractivity contribution is 7.89. The Morgan fingerprint density at radius 3 is 2.14 bits per heavy atom. The van der Waals surface area contributed by atoms with Gasteiger partial charge in [-0.1, -0.05) is 24.6 Å². The number of hydrogen-bond acceptors (Lipinski definition) is 3.